The number of hydrogen-bond donors (Lipinski definition) is 2. The van der Waals surface area contributed by atoms with E-state index >= 15 is 0 Å². The van der Waals surface area contributed by atoms with Crippen LogP contribution in [0.4, 0.5) is 24.8 Å². The summed E-state index contributed by atoms with van der Waals surface area (Å²) < 4.78 is 42.1. The number of fused-ring (bicyclic) bond motifs is 1. The summed E-state index contributed by atoms with van der Waals surface area (Å²) in [5, 5.41) is 9.89. The number of amides is 1. The van der Waals surface area contributed by atoms with Crippen LogP contribution in [0.15, 0.2) is 48.7 Å². The number of nitrogens with zero attached hydrogens (tertiary/aromatic N) is 3. The fourth-order valence-electron chi connectivity index (χ4n) is 3.33. The Morgan fingerprint density at radius 3 is 2.60 bits per heavy atom. The van der Waals surface area contributed by atoms with Gasteiger partial charge in [-0.3, -0.25) is 4.79 Å². The molecule has 2 N–H and O–H groups in total. The van der Waals surface area contributed by atoms with Crippen molar-refractivity contribution in [1.82, 2.24) is 14.8 Å². The summed E-state index contributed by atoms with van der Waals surface area (Å²) in [5.41, 5.74) is 1.61. The van der Waals surface area contributed by atoms with Crippen LogP contribution >= 0.6 is 11.6 Å². The molecule has 0 unspecified atom stereocenters. The van der Waals surface area contributed by atoms with E-state index in [2.05, 4.69) is 20.7 Å². The van der Waals surface area contributed by atoms with Gasteiger partial charge in [0.15, 0.2) is 11.7 Å². The Bertz CT molecular complexity index is 1060. The van der Waals surface area contributed by atoms with Gasteiger partial charge in [-0.2, -0.15) is 18.3 Å². The van der Waals surface area contributed by atoms with Crippen molar-refractivity contribution in [2.75, 3.05) is 10.6 Å². The van der Waals surface area contributed by atoms with Crippen LogP contribution in [0.2, 0.25) is 5.02 Å². The first-order valence-corrected chi connectivity index (χ1v) is 9.51. The third-order valence-corrected chi connectivity index (χ3v) is 5.09. The number of anilines is 2. The van der Waals surface area contributed by atoms with Crippen molar-refractivity contribution >= 4 is 29.1 Å². The van der Waals surface area contributed by atoms with Gasteiger partial charge in [0.05, 0.1) is 11.1 Å². The normalized spacial score (nSPS) is 18.4. The van der Waals surface area contributed by atoms with Gasteiger partial charge in [-0.1, -0.05) is 41.4 Å². The van der Waals surface area contributed by atoms with Crippen LogP contribution in [-0.4, -0.2) is 26.8 Å². The molecule has 3 heterocycles. The van der Waals surface area contributed by atoms with Crippen molar-refractivity contribution in [2.45, 2.75) is 31.6 Å². The first-order chi connectivity index (χ1) is 14.2. The fraction of sp³-hybridized carbons (Fsp3) is 0.250. The molecule has 4 rings (SSSR count). The average Bonchev–Trinajstić information content (AvgIpc) is 3.13. The van der Waals surface area contributed by atoms with E-state index in [-0.39, 0.29) is 23.8 Å². The van der Waals surface area contributed by atoms with E-state index < -0.39 is 24.2 Å². The predicted octanol–water partition coefficient (Wildman–Crippen LogP) is 5.15. The lowest BCUT2D eigenvalue weighted by atomic mass is 9.96. The third kappa shape index (κ3) is 4.11. The van der Waals surface area contributed by atoms with Gasteiger partial charge < -0.3 is 10.6 Å². The van der Waals surface area contributed by atoms with Gasteiger partial charge in [0.1, 0.15) is 11.6 Å². The highest BCUT2D eigenvalue weighted by atomic mass is 35.5. The van der Waals surface area contributed by atoms with Crippen LogP contribution in [-0.2, 0) is 0 Å². The lowest BCUT2D eigenvalue weighted by Crippen LogP contribution is -2.35. The number of rotatable bonds is 3. The second kappa shape index (κ2) is 7.64. The van der Waals surface area contributed by atoms with Gasteiger partial charge in [-0.25, -0.2) is 9.67 Å². The molecule has 30 heavy (non-hydrogen) atoms. The van der Waals surface area contributed by atoms with Crippen molar-refractivity contribution in [1.29, 1.82) is 0 Å². The molecular formula is C20H17ClF3N5O. The summed E-state index contributed by atoms with van der Waals surface area (Å²) in [6.45, 7) is 1.91. The zero-order valence-electron chi connectivity index (χ0n) is 15.7. The van der Waals surface area contributed by atoms with E-state index in [1.807, 2.05) is 19.1 Å². The molecule has 0 bridgehead atoms. The van der Waals surface area contributed by atoms with Crippen molar-refractivity contribution in [3.8, 4) is 0 Å². The number of carbonyl (C=O) groups excluding carboxylic acids is 1. The maximum Gasteiger partial charge on any atom is 0.410 e. The molecule has 1 aliphatic rings. The van der Waals surface area contributed by atoms with Crippen molar-refractivity contribution in [3.63, 3.8) is 0 Å². The molecule has 2 atom stereocenters. The molecule has 0 aliphatic carbocycles. The van der Waals surface area contributed by atoms with E-state index in [4.69, 9.17) is 11.6 Å². The number of carbonyl (C=O) groups is 1. The largest absolute Gasteiger partial charge is 0.410 e. The lowest BCUT2D eigenvalue weighted by molar-refractivity contribution is -0.173. The second-order valence-electron chi connectivity index (χ2n) is 7.08. The van der Waals surface area contributed by atoms with E-state index in [9.17, 15) is 18.0 Å². The molecule has 0 spiro atoms. The van der Waals surface area contributed by atoms with Gasteiger partial charge in [0.2, 0.25) is 0 Å². The molecule has 1 aliphatic heterocycles. The summed E-state index contributed by atoms with van der Waals surface area (Å²) >= 11 is 5.76. The molecule has 3 aromatic rings. The van der Waals surface area contributed by atoms with Gasteiger partial charge in [0.25, 0.3) is 5.91 Å². The molecule has 10 heteroatoms. The minimum absolute atomic E-state index is 0.128. The summed E-state index contributed by atoms with van der Waals surface area (Å²) in [7, 11) is 0. The van der Waals surface area contributed by atoms with E-state index in [0.29, 0.717) is 5.02 Å². The van der Waals surface area contributed by atoms with Crippen LogP contribution < -0.4 is 10.6 Å². The highest BCUT2D eigenvalue weighted by Gasteiger charge is 2.46. The second-order valence-corrected chi connectivity index (χ2v) is 7.51. The maximum absolute atomic E-state index is 13.8. The minimum Gasteiger partial charge on any atom is -0.363 e. The molecule has 0 radical (unpaired) electrons. The Morgan fingerprint density at radius 1 is 1.23 bits per heavy atom. The minimum atomic E-state index is -4.52. The van der Waals surface area contributed by atoms with Crippen molar-refractivity contribution < 1.29 is 18.0 Å². The maximum atomic E-state index is 13.8. The predicted molar refractivity (Wildman–Crippen MR) is 107 cm³/mol. The summed E-state index contributed by atoms with van der Waals surface area (Å²) in [4.78, 5) is 16.4. The first-order valence-electron chi connectivity index (χ1n) is 9.13. The zero-order chi connectivity index (χ0) is 21.5. The number of nitrogens with one attached hydrogen (secondary N) is 2. The monoisotopic (exact) mass is 435 g/mol. The van der Waals surface area contributed by atoms with E-state index in [1.165, 1.54) is 24.4 Å². The van der Waals surface area contributed by atoms with Crippen LogP contribution in [0.3, 0.4) is 0 Å². The zero-order valence-corrected chi connectivity index (χ0v) is 16.5. The molecule has 1 aromatic carbocycles. The van der Waals surface area contributed by atoms with Crippen molar-refractivity contribution in [3.05, 3.63) is 70.5 Å². The molecule has 2 aromatic heterocycles. The van der Waals surface area contributed by atoms with Gasteiger partial charge >= 0.3 is 6.18 Å². The SMILES string of the molecule is Cc1ccc([C@H]2C[C@@H](C(F)(F)F)n3nc(C(=O)Nc4ccc(Cl)cn4)cc3N2)cc1. The van der Waals surface area contributed by atoms with Gasteiger partial charge in [0, 0.05) is 18.7 Å². The summed E-state index contributed by atoms with van der Waals surface area (Å²) in [5.74, 6) is -0.321. The Labute approximate surface area is 175 Å². The Kier molecular flexibility index (Phi) is 5.15. The smallest absolute Gasteiger partial charge is 0.363 e. The van der Waals surface area contributed by atoms with Crippen LogP contribution in [0.25, 0.3) is 0 Å². The molecule has 1 amide bonds. The molecule has 0 saturated heterocycles. The summed E-state index contributed by atoms with van der Waals surface area (Å²) in [6, 6.07) is 9.22. The molecule has 156 valence electrons. The quantitative estimate of drug-likeness (QED) is 0.596. The fourth-order valence-corrected chi connectivity index (χ4v) is 3.44. The number of alkyl halides is 3. The number of pyridine rings is 1. The average molecular weight is 436 g/mol. The molecular weight excluding hydrogens is 419 g/mol. The lowest BCUT2D eigenvalue weighted by Gasteiger charge is -2.33. The first kappa shape index (κ1) is 20.2. The topological polar surface area (TPSA) is 71.8 Å². The summed E-state index contributed by atoms with van der Waals surface area (Å²) in [6.07, 6.45) is -3.40. The molecule has 0 fully saturated rings. The number of benzene rings is 1. The molecule has 6 nitrogen and oxygen atoms in total. The number of aryl methyl sites for hydroxylation is 1. The van der Waals surface area contributed by atoms with Crippen molar-refractivity contribution in [2.24, 2.45) is 0 Å². The number of aromatic nitrogens is 3. The van der Waals surface area contributed by atoms with Crippen LogP contribution in [0.1, 0.15) is 40.1 Å². The Balaban J connectivity index is 1.63. The van der Waals surface area contributed by atoms with Gasteiger partial charge in [-0.15, -0.1) is 0 Å². The van der Waals surface area contributed by atoms with Crippen LogP contribution in [0.5, 0.6) is 0 Å². The third-order valence-electron chi connectivity index (χ3n) is 4.87. The van der Waals surface area contributed by atoms with E-state index in [0.717, 1.165) is 15.8 Å². The number of hydrogen-bond acceptors (Lipinski definition) is 4. The molecule has 0 saturated carbocycles. The van der Waals surface area contributed by atoms with E-state index in [1.54, 1.807) is 12.1 Å². The highest BCUT2D eigenvalue weighted by molar-refractivity contribution is 6.30. The van der Waals surface area contributed by atoms with Gasteiger partial charge in [-0.05, 0) is 24.6 Å². The standard InChI is InChI=1S/C20H17ClF3N5O/c1-11-2-4-12(5-3-11)14-8-16(20(22,23)24)29-18(26-14)9-15(28-29)19(30)27-17-7-6-13(21)10-25-17/h2-7,9-10,14,16,26H,8H2,1H3,(H,25,27,30)/t14-,16+/m1/s1. The number of halogens is 4. The Hall–Kier alpha value is -3.07. The highest BCUT2D eigenvalue weighted by Crippen LogP contribution is 2.43. The van der Waals surface area contributed by atoms with Crippen LogP contribution in [0, 0.1) is 6.92 Å². The Morgan fingerprint density at radius 2 is 1.97 bits per heavy atom.